The fourth-order valence-electron chi connectivity index (χ4n) is 1.36. The zero-order chi connectivity index (χ0) is 14.1. The molecule has 0 spiro atoms. The van der Waals surface area contributed by atoms with Gasteiger partial charge in [-0.15, -0.1) is 0 Å². The van der Waals surface area contributed by atoms with E-state index in [0.717, 1.165) is 13.2 Å². The number of hydrogen-bond acceptors (Lipinski definition) is 2. The molecule has 1 rings (SSSR count). The van der Waals surface area contributed by atoms with E-state index < -0.39 is 29.5 Å². The lowest BCUT2D eigenvalue weighted by molar-refractivity contribution is -0.155. The predicted molar refractivity (Wildman–Crippen MR) is 51.0 cm³/mol. The Labute approximate surface area is 98.3 Å². The van der Waals surface area contributed by atoms with Gasteiger partial charge in [-0.05, 0) is 17.7 Å². The van der Waals surface area contributed by atoms with Gasteiger partial charge in [-0.3, -0.25) is 0 Å². The van der Waals surface area contributed by atoms with Crippen LogP contribution in [0.3, 0.4) is 0 Å². The maximum absolute atomic E-state index is 12.6. The van der Waals surface area contributed by atoms with Crippen molar-refractivity contribution in [3.63, 3.8) is 0 Å². The lowest BCUT2D eigenvalue weighted by atomic mass is 9.99. The quantitative estimate of drug-likeness (QED) is 0.839. The van der Waals surface area contributed by atoms with Gasteiger partial charge in [0.15, 0.2) is 0 Å². The van der Waals surface area contributed by atoms with E-state index >= 15 is 0 Å². The van der Waals surface area contributed by atoms with Crippen LogP contribution in [0.25, 0.3) is 0 Å². The Morgan fingerprint density at radius 3 is 2.06 bits per heavy atom. The first-order chi connectivity index (χ1) is 8.07. The summed E-state index contributed by atoms with van der Waals surface area (Å²) in [6.45, 7) is 0. The molecule has 0 heterocycles. The summed E-state index contributed by atoms with van der Waals surface area (Å²) >= 11 is 0. The fraction of sp³-hybridized carbons (Fsp3) is 0.400. The van der Waals surface area contributed by atoms with Gasteiger partial charge in [0.05, 0.1) is 12.7 Å². The largest absolute Gasteiger partial charge is 0.497 e. The Hall–Kier alpha value is -1.44. The standard InChI is InChI=1S/C10H9F6NO/c1-18-5-2-3-6(8(17)10(14,15)16)7(4-5)9(11,12)13/h2-4,8H,17H2,1H3/t8-/m1/s1. The molecule has 1 aromatic carbocycles. The highest BCUT2D eigenvalue weighted by Gasteiger charge is 2.43. The Morgan fingerprint density at radius 2 is 1.67 bits per heavy atom. The van der Waals surface area contributed by atoms with Gasteiger partial charge in [0, 0.05) is 0 Å². The normalized spacial score (nSPS) is 14.4. The molecule has 0 saturated carbocycles. The van der Waals surface area contributed by atoms with Crippen molar-refractivity contribution in [1.82, 2.24) is 0 Å². The number of nitrogens with two attached hydrogens (primary N) is 1. The zero-order valence-electron chi connectivity index (χ0n) is 9.06. The average Bonchev–Trinajstić information content (AvgIpc) is 2.24. The van der Waals surface area contributed by atoms with Gasteiger partial charge in [-0.1, -0.05) is 6.07 Å². The minimum Gasteiger partial charge on any atom is -0.497 e. The molecule has 2 nitrogen and oxygen atoms in total. The predicted octanol–water partition coefficient (Wildman–Crippen LogP) is 3.28. The molecule has 1 aromatic rings. The summed E-state index contributed by atoms with van der Waals surface area (Å²) in [7, 11) is 1.11. The van der Waals surface area contributed by atoms with Gasteiger partial charge in [0.2, 0.25) is 0 Å². The van der Waals surface area contributed by atoms with Gasteiger partial charge < -0.3 is 10.5 Å². The molecule has 102 valence electrons. The monoisotopic (exact) mass is 273 g/mol. The van der Waals surface area contributed by atoms with E-state index in [9.17, 15) is 26.3 Å². The molecule has 0 unspecified atom stereocenters. The first-order valence-electron chi connectivity index (χ1n) is 4.64. The second-order valence-corrected chi connectivity index (χ2v) is 3.47. The maximum Gasteiger partial charge on any atom is 0.416 e. The molecular weight excluding hydrogens is 264 g/mol. The van der Waals surface area contributed by atoms with Gasteiger partial charge in [-0.25, -0.2) is 0 Å². The van der Waals surface area contributed by atoms with E-state index in [1.54, 1.807) is 0 Å². The zero-order valence-corrected chi connectivity index (χ0v) is 9.06. The van der Waals surface area contributed by atoms with E-state index in [1.165, 1.54) is 0 Å². The number of hydrogen-bond donors (Lipinski definition) is 1. The third-order valence-electron chi connectivity index (χ3n) is 2.25. The number of alkyl halides is 6. The molecule has 0 saturated heterocycles. The number of ether oxygens (including phenoxy) is 1. The van der Waals surface area contributed by atoms with Crippen molar-refractivity contribution in [3.8, 4) is 5.75 Å². The van der Waals surface area contributed by atoms with Crippen molar-refractivity contribution in [2.45, 2.75) is 18.4 Å². The first-order valence-corrected chi connectivity index (χ1v) is 4.64. The summed E-state index contributed by atoms with van der Waals surface area (Å²) in [5.41, 5.74) is 2.31. The topological polar surface area (TPSA) is 35.2 Å². The molecule has 0 aliphatic heterocycles. The number of rotatable bonds is 2. The van der Waals surface area contributed by atoms with Crippen molar-refractivity contribution >= 4 is 0 Å². The Balaban J connectivity index is 3.36. The lowest BCUT2D eigenvalue weighted by Gasteiger charge is -2.21. The highest BCUT2D eigenvalue weighted by Crippen LogP contribution is 2.40. The second kappa shape index (κ2) is 4.68. The summed E-state index contributed by atoms with van der Waals surface area (Å²) < 4.78 is 79.5. The fourth-order valence-corrected chi connectivity index (χ4v) is 1.36. The highest BCUT2D eigenvalue weighted by molar-refractivity contribution is 5.39. The molecular formula is C10H9F6NO. The molecule has 0 bridgehead atoms. The van der Waals surface area contributed by atoms with Crippen molar-refractivity contribution in [3.05, 3.63) is 29.3 Å². The molecule has 0 aliphatic rings. The number of halogens is 6. The van der Waals surface area contributed by atoms with E-state index in [4.69, 9.17) is 5.73 Å². The molecule has 8 heteroatoms. The van der Waals surface area contributed by atoms with Crippen LogP contribution in [-0.2, 0) is 6.18 Å². The molecule has 0 aliphatic carbocycles. The summed E-state index contributed by atoms with van der Waals surface area (Å²) in [6, 6.07) is -0.545. The van der Waals surface area contributed by atoms with Crippen molar-refractivity contribution in [2.24, 2.45) is 5.73 Å². The third kappa shape index (κ3) is 3.06. The third-order valence-corrected chi connectivity index (χ3v) is 2.25. The lowest BCUT2D eigenvalue weighted by Crippen LogP contribution is -2.30. The summed E-state index contributed by atoms with van der Waals surface area (Å²) in [4.78, 5) is 0. The van der Waals surface area contributed by atoms with Crippen LogP contribution in [0.2, 0.25) is 0 Å². The van der Waals surface area contributed by atoms with Crippen molar-refractivity contribution < 1.29 is 31.1 Å². The molecule has 1 atom stereocenters. The Kier molecular flexibility index (Phi) is 3.80. The minimum atomic E-state index is -4.95. The molecule has 0 amide bonds. The van der Waals surface area contributed by atoms with E-state index in [2.05, 4.69) is 4.74 Å². The summed E-state index contributed by atoms with van der Waals surface area (Å²) in [5.74, 6) is -0.194. The van der Waals surface area contributed by atoms with Gasteiger partial charge >= 0.3 is 12.4 Å². The summed E-state index contributed by atoms with van der Waals surface area (Å²) in [5, 5.41) is 0. The van der Waals surface area contributed by atoms with E-state index in [-0.39, 0.29) is 5.75 Å². The van der Waals surface area contributed by atoms with Crippen LogP contribution in [0.5, 0.6) is 5.75 Å². The SMILES string of the molecule is COc1ccc([C@@H](N)C(F)(F)F)c(C(F)(F)F)c1. The minimum absolute atomic E-state index is 0.194. The van der Waals surface area contributed by atoms with E-state index in [0.29, 0.717) is 12.1 Å². The van der Waals surface area contributed by atoms with Crippen LogP contribution in [0.4, 0.5) is 26.3 Å². The molecule has 2 N–H and O–H groups in total. The first kappa shape index (κ1) is 14.6. The van der Waals surface area contributed by atoms with Crippen molar-refractivity contribution in [1.29, 1.82) is 0 Å². The highest BCUT2D eigenvalue weighted by atomic mass is 19.4. The van der Waals surface area contributed by atoms with Crippen LogP contribution < -0.4 is 10.5 Å². The Bertz CT molecular complexity index is 425. The van der Waals surface area contributed by atoms with Crippen LogP contribution in [0, 0.1) is 0 Å². The molecule has 0 aromatic heterocycles. The van der Waals surface area contributed by atoms with Crippen LogP contribution >= 0.6 is 0 Å². The Morgan fingerprint density at radius 1 is 1.11 bits per heavy atom. The summed E-state index contributed by atoms with van der Waals surface area (Å²) in [6.07, 6.45) is -9.89. The van der Waals surface area contributed by atoms with Gasteiger partial charge in [0.1, 0.15) is 11.8 Å². The van der Waals surface area contributed by atoms with Crippen molar-refractivity contribution in [2.75, 3.05) is 7.11 Å². The molecule has 0 radical (unpaired) electrons. The second-order valence-electron chi connectivity index (χ2n) is 3.47. The molecule has 0 fully saturated rings. The number of methoxy groups -OCH3 is 1. The van der Waals surface area contributed by atoms with E-state index in [1.807, 2.05) is 0 Å². The average molecular weight is 273 g/mol. The van der Waals surface area contributed by atoms with Crippen LogP contribution in [0.15, 0.2) is 18.2 Å². The molecule has 18 heavy (non-hydrogen) atoms. The smallest absolute Gasteiger partial charge is 0.416 e. The van der Waals surface area contributed by atoms with Gasteiger partial charge in [0.25, 0.3) is 0 Å². The van der Waals surface area contributed by atoms with Crippen LogP contribution in [-0.4, -0.2) is 13.3 Å². The van der Waals surface area contributed by atoms with Crippen LogP contribution in [0.1, 0.15) is 17.2 Å². The maximum atomic E-state index is 12.6. The number of benzene rings is 1. The van der Waals surface area contributed by atoms with Gasteiger partial charge in [-0.2, -0.15) is 26.3 Å².